The number of carbonyl (C=O) groups excluding carboxylic acids is 3. The molecule has 0 bridgehead atoms. The number of benzene rings is 2. The number of nitrogens with zero attached hydrogens (tertiary/aromatic N) is 2. The van der Waals surface area contributed by atoms with E-state index in [9.17, 15) is 14.4 Å². The van der Waals surface area contributed by atoms with Crippen LogP contribution < -0.4 is 28.3 Å². The number of para-hydroxylation sites is 1. The first-order chi connectivity index (χ1) is 16.7. The summed E-state index contributed by atoms with van der Waals surface area (Å²) in [5, 5.41) is 3.40. The summed E-state index contributed by atoms with van der Waals surface area (Å²) in [6, 6.07) is 15.0. The molecule has 0 saturated carbocycles. The average Bonchev–Trinajstić information content (AvgIpc) is 3.26. The Hall–Kier alpha value is -4.54. The number of aliphatic imine (C=N–C) groups is 1. The van der Waals surface area contributed by atoms with Gasteiger partial charge in [0.2, 0.25) is 5.91 Å². The third-order valence-corrected chi connectivity index (χ3v) is 5.50. The van der Waals surface area contributed by atoms with E-state index < -0.39 is 18.0 Å². The van der Waals surface area contributed by atoms with E-state index in [1.165, 1.54) is 4.90 Å². The van der Waals surface area contributed by atoms with Crippen molar-refractivity contribution in [3.05, 3.63) is 71.4 Å². The summed E-state index contributed by atoms with van der Waals surface area (Å²) in [6.07, 6.45) is 0.748. The number of rotatable bonds is 11. The lowest BCUT2D eigenvalue weighted by Gasteiger charge is -2.29. The molecule has 0 aliphatic rings. The Kier molecular flexibility index (Phi) is 8.28. The summed E-state index contributed by atoms with van der Waals surface area (Å²) in [7, 11) is 0. The third-order valence-electron chi connectivity index (χ3n) is 5.50. The van der Waals surface area contributed by atoms with Crippen LogP contribution in [-0.4, -0.2) is 46.3 Å². The number of primary amides is 2. The molecule has 0 spiro atoms. The Labute approximate surface area is 202 Å². The SMILES string of the molecule is NC(=O)NCc1ccc(CN(C(=O)c2cc3ccccc3[nH]2)[C@H](CCCN=C(N)N)C(N)=O)cc1. The van der Waals surface area contributed by atoms with Crippen molar-refractivity contribution in [3.63, 3.8) is 0 Å². The van der Waals surface area contributed by atoms with Gasteiger partial charge in [0.25, 0.3) is 5.91 Å². The topological polar surface area (TPSA) is 199 Å². The largest absolute Gasteiger partial charge is 0.370 e. The second kappa shape index (κ2) is 11.5. The van der Waals surface area contributed by atoms with Crippen LogP contribution in [0.25, 0.3) is 10.9 Å². The van der Waals surface area contributed by atoms with Gasteiger partial charge in [0.05, 0.1) is 0 Å². The Morgan fingerprint density at radius 3 is 2.29 bits per heavy atom. The lowest BCUT2D eigenvalue weighted by atomic mass is 10.1. The van der Waals surface area contributed by atoms with E-state index in [1.54, 1.807) is 6.07 Å². The van der Waals surface area contributed by atoms with Crippen molar-refractivity contribution in [3.8, 4) is 0 Å². The van der Waals surface area contributed by atoms with Crippen LogP contribution in [0.5, 0.6) is 0 Å². The minimum Gasteiger partial charge on any atom is -0.370 e. The van der Waals surface area contributed by atoms with Crippen molar-refractivity contribution in [2.75, 3.05) is 6.54 Å². The molecule has 0 radical (unpaired) electrons. The van der Waals surface area contributed by atoms with Gasteiger partial charge >= 0.3 is 6.03 Å². The number of aromatic nitrogens is 1. The lowest BCUT2D eigenvalue weighted by Crippen LogP contribution is -2.47. The molecule has 0 aliphatic carbocycles. The monoisotopic (exact) mass is 478 g/mol. The van der Waals surface area contributed by atoms with Gasteiger partial charge in [-0.3, -0.25) is 14.6 Å². The lowest BCUT2D eigenvalue weighted by molar-refractivity contribution is -0.122. The van der Waals surface area contributed by atoms with E-state index in [4.69, 9.17) is 22.9 Å². The van der Waals surface area contributed by atoms with E-state index in [2.05, 4.69) is 15.3 Å². The first kappa shape index (κ1) is 25.1. The van der Waals surface area contributed by atoms with Crippen LogP contribution in [0.2, 0.25) is 0 Å². The number of nitrogens with one attached hydrogen (secondary N) is 2. The fourth-order valence-electron chi connectivity index (χ4n) is 3.76. The van der Waals surface area contributed by atoms with Crippen LogP contribution in [0.1, 0.15) is 34.5 Å². The highest BCUT2D eigenvalue weighted by molar-refractivity contribution is 6.00. The molecule has 35 heavy (non-hydrogen) atoms. The first-order valence-electron chi connectivity index (χ1n) is 11.1. The average molecular weight is 479 g/mol. The standard InChI is InChI=1S/C24H30N8O3/c25-21(33)20(6-3-11-29-23(26)27)32(14-16-9-7-15(8-10-16)13-30-24(28)35)22(34)19-12-17-4-1-2-5-18(17)31-19/h1-2,4-5,7-10,12,20,31H,3,6,11,13-14H2,(H2,25,33)(H4,26,27,29)(H3,28,30,35)/t20-/m1/s1. The molecule has 0 unspecified atom stereocenters. The number of fused-ring (bicyclic) bond motifs is 1. The molecule has 0 fully saturated rings. The number of H-pyrrole nitrogens is 1. The number of hydrogen-bond donors (Lipinski definition) is 6. The molecule has 10 N–H and O–H groups in total. The van der Waals surface area contributed by atoms with E-state index in [1.807, 2.05) is 48.5 Å². The minimum absolute atomic E-state index is 0.0439. The van der Waals surface area contributed by atoms with E-state index in [-0.39, 0.29) is 25.0 Å². The van der Waals surface area contributed by atoms with Crippen molar-refractivity contribution >= 4 is 34.7 Å². The van der Waals surface area contributed by atoms with Crippen molar-refractivity contribution in [1.29, 1.82) is 0 Å². The maximum Gasteiger partial charge on any atom is 0.312 e. The first-order valence-corrected chi connectivity index (χ1v) is 11.1. The molecule has 1 aromatic heterocycles. The van der Waals surface area contributed by atoms with Crippen molar-refractivity contribution in [2.24, 2.45) is 27.9 Å². The van der Waals surface area contributed by atoms with Crippen LogP contribution in [0.4, 0.5) is 4.79 Å². The maximum atomic E-state index is 13.6. The Balaban J connectivity index is 1.87. The summed E-state index contributed by atoms with van der Waals surface area (Å²) in [5.41, 5.74) is 24.4. The summed E-state index contributed by atoms with van der Waals surface area (Å²) < 4.78 is 0. The van der Waals surface area contributed by atoms with Crippen LogP contribution in [0, 0.1) is 0 Å². The van der Waals surface area contributed by atoms with Crippen molar-refractivity contribution in [1.82, 2.24) is 15.2 Å². The molecule has 0 aliphatic heterocycles. The molecule has 184 valence electrons. The summed E-state index contributed by atoms with van der Waals surface area (Å²) in [6.45, 7) is 0.734. The number of hydrogen-bond acceptors (Lipinski definition) is 4. The van der Waals surface area contributed by atoms with Gasteiger partial charge in [0.15, 0.2) is 5.96 Å². The fraction of sp³-hybridized carbons (Fsp3) is 0.250. The molecule has 1 heterocycles. The normalized spacial score (nSPS) is 11.5. The highest BCUT2D eigenvalue weighted by Gasteiger charge is 2.29. The molecule has 3 rings (SSSR count). The molecule has 11 nitrogen and oxygen atoms in total. The molecule has 3 aromatic rings. The smallest absolute Gasteiger partial charge is 0.312 e. The zero-order chi connectivity index (χ0) is 25.4. The minimum atomic E-state index is -0.876. The van der Waals surface area contributed by atoms with Crippen molar-refractivity contribution < 1.29 is 14.4 Å². The van der Waals surface area contributed by atoms with Gasteiger partial charge in [-0.1, -0.05) is 42.5 Å². The van der Waals surface area contributed by atoms with E-state index in [0.717, 1.165) is 22.0 Å². The van der Waals surface area contributed by atoms with E-state index in [0.29, 0.717) is 25.1 Å². The fourth-order valence-corrected chi connectivity index (χ4v) is 3.76. The van der Waals surface area contributed by atoms with Gasteiger partial charge in [0.1, 0.15) is 11.7 Å². The van der Waals surface area contributed by atoms with Gasteiger partial charge in [-0.2, -0.15) is 0 Å². The highest BCUT2D eigenvalue weighted by atomic mass is 16.2. The summed E-state index contributed by atoms with van der Waals surface area (Å²) in [5.74, 6) is -1.02. The van der Waals surface area contributed by atoms with Crippen LogP contribution >= 0.6 is 0 Å². The molecule has 2 aromatic carbocycles. The predicted octanol–water partition coefficient (Wildman–Crippen LogP) is 0.886. The third kappa shape index (κ3) is 6.97. The number of carbonyl (C=O) groups is 3. The number of guanidine groups is 1. The molecule has 1 atom stereocenters. The quantitative estimate of drug-likeness (QED) is 0.135. The maximum absolute atomic E-state index is 13.6. The van der Waals surface area contributed by atoms with Gasteiger partial charge in [0, 0.05) is 30.5 Å². The second-order valence-corrected chi connectivity index (χ2v) is 8.10. The second-order valence-electron chi connectivity index (χ2n) is 8.10. The van der Waals surface area contributed by atoms with Crippen LogP contribution in [-0.2, 0) is 17.9 Å². The number of aromatic amines is 1. The Morgan fingerprint density at radius 1 is 0.971 bits per heavy atom. The van der Waals surface area contributed by atoms with Crippen LogP contribution in [0.15, 0.2) is 59.6 Å². The van der Waals surface area contributed by atoms with Gasteiger partial charge in [-0.05, 0) is 36.1 Å². The van der Waals surface area contributed by atoms with Gasteiger partial charge in [-0.15, -0.1) is 0 Å². The van der Waals surface area contributed by atoms with Gasteiger partial charge < -0.3 is 38.1 Å². The summed E-state index contributed by atoms with van der Waals surface area (Å²) >= 11 is 0. The zero-order valence-electron chi connectivity index (χ0n) is 19.2. The Morgan fingerprint density at radius 2 is 1.66 bits per heavy atom. The van der Waals surface area contributed by atoms with Crippen LogP contribution in [0.3, 0.4) is 0 Å². The Bertz CT molecular complexity index is 1180. The zero-order valence-corrected chi connectivity index (χ0v) is 19.2. The molecule has 11 heteroatoms. The molecule has 0 saturated heterocycles. The number of amides is 4. The van der Waals surface area contributed by atoms with Crippen molar-refractivity contribution in [2.45, 2.75) is 32.0 Å². The van der Waals surface area contributed by atoms with E-state index >= 15 is 0 Å². The molecular formula is C24H30N8O3. The molecule has 4 amide bonds. The number of urea groups is 1. The summed E-state index contributed by atoms with van der Waals surface area (Å²) in [4.78, 5) is 45.5. The predicted molar refractivity (Wildman–Crippen MR) is 134 cm³/mol. The highest BCUT2D eigenvalue weighted by Crippen LogP contribution is 2.21. The van der Waals surface area contributed by atoms with Gasteiger partial charge in [-0.25, -0.2) is 4.79 Å². The molecular weight excluding hydrogens is 448 g/mol. The number of nitrogens with two attached hydrogens (primary N) is 4.